The van der Waals surface area contributed by atoms with Gasteiger partial charge in [0.05, 0.1) is 7.11 Å². The number of hydrogen-bond acceptors (Lipinski definition) is 5. The van der Waals surface area contributed by atoms with Crippen LogP contribution in [0.4, 0.5) is 0 Å². The molecule has 0 aromatic heterocycles. The zero-order valence-corrected chi connectivity index (χ0v) is 17.6. The number of ether oxygens (including phenoxy) is 2. The van der Waals surface area contributed by atoms with Crippen molar-refractivity contribution in [2.75, 3.05) is 46.4 Å². The Balaban J connectivity index is 0.00000196. The van der Waals surface area contributed by atoms with E-state index in [-0.39, 0.29) is 24.8 Å². The van der Waals surface area contributed by atoms with Crippen LogP contribution >= 0.6 is 0 Å². The standard InChI is InChI=1S/C21H28N2O3.2ClH/c1-25-20-7-9-21(10-8-20)26-17-19(24)16-23-13-11-22(12-14-23)15-18-5-3-2-4-6-18;;/h2-10,19,24H,11-17H2,1H3;2*1H/p-2. The minimum absolute atomic E-state index is 0. The average Bonchev–Trinajstić information content (AvgIpc) is 2.69. The van der Waals surface area contributed by atoms with E-state index in [4.69, 9.17) is 9.47 Å². The molecule has 0 saturated carbocycles. The Kier molecular flexibility index (Phi) is 11.3. The van der Waals surface area contributed by atoms with Crippen molar-refractivity contribution in [2.45, 2.75) is 12.6 Å². The SMILES string of the molecule is COc1ccc(OCC(O)CN2CCN(Cc3ccccc3)CC2)cc1.[Cl-].[Cl-]. The first-order chi connectivity index (χ1) is 12.7. The summed E-state index contributed by atoms with van der Waals surface area (Å²) >= 11 is 0. The van der Waals surface area contributed by atoms with Gasteiger partial charge in [0.1, 0.15) is 24.2 Å². The molecule has 1 heterocycles. The number of halogens is 2. The maximum atomic E-state index is 10.3. The number of hydrogen-bond donors (Lipinski definition) is 1. The third-order valence-electron chi connectivity index (χ3n) is 4.68. The lowest BCUT2D eigenvalue weighted by molar-refractivity contribution is -0.001000. The Morgan fingerprint density at radius 2 is 1.43 bits per heavy atom. The molecule has 1 aliphatic heterocycles. The second-order valence-corrected chi connectivity index (χ2v) is 6.70. The van der Waals surface area contributed by atoms with Crippen LogP contribution < -0.4 is 34.3 Å². The first kappa shape index (κ1) is 24.5. The average molecular weight is 427 g/mol. The van der Waals surface area contributed by atoms with Crippen molar-refractivity contribution < 1.29 is 39.4 Å². The van der Waals surface area contributed by atoms with Gasteiger partial charge in [-0.05, 0) is 29.8 Å². The monoisotopic (exact) mass is 426 g/mol. The van der Waals surface area contributed by atoms with Crippen LogP contribution in [-0.4, -0.2) is 67.5 Å². The molecule has 0 amide bonds. The van der Waals surface area contributed by atoms with E-state index < -0.39 is 6.10 Å². The van der Waals surface area contributed by atoms with E-state index in [0.717, 1.165) is 44.2 Å². The quantitative estimate of drug-likeness (QED) is 0.470. The number of β-amino-alcohol motifs (C(OH)–C–C–N with tert-alkyl or cyclic N) is 1. The van der Waals surface area contributed by atoms with Crippen LogP contribution in [0.5, 0.6) is 11.5 Å². The second-order valence-electron chi connectivity index (χ2n) is 6.70. The highest BCUT2D eigenvalue weighted by molar-refractivity contribution is 5.31. The van der Waals surface area contributed by atoms with Crippen molar-refractivity contribution >= 4 is 0 Å². The summed E-state index contributed by atoms with van der Waals surface area (Å²) in [6.07, 6.45) is -0.488. The van der Waals surface area contributed by atoms with Gasteiger partial charge < -0.3 is 39.4 Å². The molecule has 0 radical (unpaired) electrons. The lowest BCUT2D eigenvalue weighted by atomic mass is 10.2. The number of rotatable bonds is 8. The van der Waals surface area contributed by atoms with Crippen LogP contribution in [0.25, 0.3) is 0 Å². The van der Waals surface area contributed by atoms with Gasteiger partial charge in [-0.1, -0.05) is 30.3 Å². The van der Waals surface area contributed by atoms with Gasteiger partial charge in [0, 0.05) is 39.3 Å². The van der Waals surface area contributed by atoms with Crippen LogP contribution in [0.2, 0.25) is 0 Å². The van der Waals surface area contributed by atoms with E-state index >= 15 is 0 Å². The molecular formula is C21H28Cl2N2O3-2. The maximum absolute atomic E-state index is 10.3. The first-order valence-electron chi connectivity index (χ1n) is 9.16. The lowest BCUT2D eigenvalue weighted by Gasteiger charge is -2.35. The number of piperazine rings is 1. The molecule has 0 aliphatic carbocycles. The number of aliphatic hydroxyl groups excluding tert-OH is 1. The number of nitrogens with zero attached hydrogens (tertiary/aromatic N) is 2. The molecule has 1 aliphatic rings. The van der Waals surface area contributed by atoms with Gasteiger partial charge in [0.25, 0.3) is 0 Å². The third kappa shape index (κ3) is 7.86. The van der Waals surface area contributed by atoms with Crippen molar-refractivity contribution in [2.24, 2.45) is 0 Å². The molecule has 2 aromatic carbocycles. The Morgan fingerprint density at radius 3 is 2.04 bits per heavy atom. The predicted molar refractivity (Wildman–Crippen MR) is 103 cm³/mol. The third-order valence-corrected chi connectivity index (χ3v) is 4.68. The summed E-state index contributed by atoms with van der Waals surface area (Å²) < 4.78 is 10.8. The summed E-state index contributed by atoms with van der Waals surface area (Å²) in [4.78, 5) is 4.77. The number of aliphatic hydroxyl groups is 1. The first-order valence-corrected chi connectivity index (χ1v) is 9.16. The van der Waals surface area contributed by atoms with Gasteiger partial charge in [0.2, 0.25) is 0 Å². The Bertz CT molecular complexity index is 650. The largest absolute Gasteiger partial charge is 1.00 e. The van der Waals surface area contributed by atoms with Crippen molar-refractivity contribution in [1.82, 2.24) is 9.80 Å². The molecule has 0 spiro atoms. The summed E-state index contributed by atoms with van der Waals surface area (Å²) in [5.41, 5.74) is 1.36. The second kappa shape index (κ2) is 12.9. The summed E-state index contributed by atoms with van der Waals surface area (Å²) in [6.45, 7) is 5.96. The van der Waals surface area contributed by atoms with Gasteiger partial charge in [-0.3, -0.25) is 9.80 Å². The van der Waals surface area contributed by atoms with E-state index in [1.165, 1.54) is 5.56 Å². The van der Waals surface area contributed by atoms with Crippen LogP contribution in [0.15, 0.2) is 54.6 Å². The molecule has 1 unspecified atom stereocenters. The fraction of sp³-hybridized carbons (Fsp3) is 0.429. The summed E-state index contributed by atoms with van der Waals surface area (Å²) in [5.74, 6) is 1.55. The van der Waals surface area contributed by atoms with Gasteiger partial charge in [-0.2, -0.15) is 0 Å². The molecule has 2 aromatic rings. The summed E-state index contributed by atoms with van der Waals surface area (Å²) in [6, 6.07) is 18.0. The fourth-order valence-electron chi connectivity index (χ4n) is 3.19. The van der Waals surface area contributed by atoms with E-state index in [9.17, 15) is 5.11 Å². The predicted octanol–water partition coefficient (Wildman–Crippen LogP) is -3.74. The van der Waals surface area contributed by atoms with Crippen molar-refractivity contribution in [3.8, 4) is 11.5 Å². The molecule has 1 atom stereocenters. The normalized spacial score (nSPS) is 15.8. The summed E-state index contributed by atoms with van der Waals surface area (Å²) in [5, 5.41) is 10.3. The molecule has 156 valence electrons. The highest BCUT2D eigenvalue weighted by atomic mass is 35.5. The van der Waals surface area contributed by atoms with Gasteiger partial charge in [0.15, 0.2) is 0 Å². The fourth-order valence-corrected chi connectivity index (χ4v) is 3.19. The highest BCUT2D eigenvalue weighted by Crippen LogP contribution is 2.17. The molecule has 28 heavy (non-hydrogen) atoms. The molecule has 3 rings (SSSR count). The summed E-state index contributed by atoms with van der Waals surface area (Å²) in [7, 11) is 1.64. The molecule has 7 heteroatoms. The van der Waals surface area contributed by atoms with Gasteiger partial charge >= 0.3 is 0 Å². The smallest absolute Gasteiger partial charge is 0.119 e. The van der Waals surface area contributed by atoms with Crippen molar-refractivity contribution in [3.05, 3.63) is 60.2 Å². The number of methoxy groups -OCH3 is 1. The number of benzene rings is 2. The van der Waals surface area contributed by atoms with Crippen LogP contribution in [0, 0.1) is 0 Å². The minimum Gasteiger partial charge on any atom is -1.00 e. The van der Waals surface area contributed by atoms with E-state index in [1.807, 2.05) is 24.3 Å². The van der Waals surface area contributed by atoms with Crippen molar-refractivity contribution in [1.29, 1.82) is 0 Å². The Labute approximate surface area is 180 Å². The zero-order chi connectivity index (χ0) is 18.2. The van der Waals surface area contributed by atoms with E-state index in [1.54, 1.807) is 7.11 Å². The van der Waals surface area contributed by atoms with E-state index in [0.29, 0.717) is 13.2 Å². The Morgan fingerprint density at radius 1 is 0.857 bits per heavy atom. The maximum Gasteiger partial charge on any atom is 0.119 e. The Hall–Kier alpha value is -1.50. The molecule has 1 saturated heterocycles. The van der Waals surface area contributed by atoms with Crippen LogP contribution in [-0.2, 0) is 6.54 Å². The topological polar surface area (TPSA) is 45.2 Å². The van der Waals surface area contributed by atoms with Gasteiger partial charge in [-0.25, -0.2) is 0 Å². The van der Waals surface area contributed by atoms with Crippen molar-refractivity contribution in [3.63, 3.8) is 0 Å². The highest BCUT2D eigenvalue weighted by Gasteiger charge is 2.19. The minimum atomic E-state index is -0.488. The van der Waals surface area contributed by atoms with Gasteiger partial charge in [-0.15, -0.1) is 0 Å². The molecule has 0 bridgehead atoms. The molecular weight excluding hydrogens is 399 g/mol. The molecule has 1 fully saturated rings. The van der Waals surface area contributed by atoms with Crippen LogP contribution in [0.1, 0.15) is 5.56 Å². The van der Waals surface area contributed by atoms with Crippen LogP contribution in [0.3, 0.4) is 0 Å². The molecule has 1 N–H and O–H groups in total. The lowest BCUT2D eigenvalue weighted by Crippen LogP contribution is -3.00. The molecule has 5 nitrogen and oxygen atoms in total. The van der Waals surface area contributed by atoms with E-state index in [2.05, 4.69) is 40.1 Å². The zero-order valence-electron chi connectivity index (χ0n) is 16.1.